The van der Waals surface area contributed by atoms with Crippen molar-refractivity contribution in [1.29, 1.82) is 0 Å². The van der Waals surface area contributed by atoms with Gasteiger partial charge in [-0.15, -0.1) is 0 Å². The average Bonchev–Trinajstić information content (AvgIpc) is 2.66. The van der Waals surface area contributed by atoms with E-state index in [1.165, 1.54) is 25.7 Å². The number of nitrogens with zero attached hydrogens (tertiary/aromatic N) is 1. The van der Waals surface area contributed by atoms with E-state index in [2.05, 4.69) is 5.18 Å². The van der Waals surface area contributed by atoms with E-state index in [1.54, 1.807) is 0 Å². The lowest BCUT2D eigenvalue weighted by molar-refractivity contribution is 0.351. The van der Waals surface area contributed by atoms with Crippen molar-refractivity contribution < 1.29 is 0 Å². The van der Waals surface area contributed by atoms with Gasteiger partial charge in [0.1, 0.15) is 0 Å². The van der Waals surface area contributed by atoms with Gasteiger partial charge in [-0.1, -0.05) is 5.18 Å². The van der Waals surface area contributed by atoms with Gasteiger partial charge in [0.25, 0.3) is 0 Å². The second kappa shape index (κ2) is 2.33. The molecule has 3 unspecified atom stereocenters. The summed E-state index contributed by atoms with van der Waals surface area (Å²) in [6.45, 7) is 0.573. The Morgan fingerprint density at radius 2 is 2.10 bits per heavy atom. The molecule has 2 aliphatic rings. The highest BCUT2D eigenvalue weighted by molar-refractivity contribution is 4.92. The summed E-state index contributed by atoms with van der Waals surface area (Å²) in [5.41, 5.74) is 0. The van der Waals surface area contributed by atoms with Crippen molar-refractivity contribution in [3.05, 3.63) is 4.91 Å². The molecule has 56 valence electrons. The molecule has 0 bridgehead atoms. The van der Waals surface area contributed by atoms with E-state index < -0.39 is 0 Å². The van der Waals surface area contributed by atoms with Crippen LogP contribution in [0.5, 0.6) is 0 Å². The molecule has 0 saturated heterocycles. The zero-order valence-electron chi connectivity index (χ0n) is 6.12. The molecule has 2 aliphatic carbocycles. The van der Waals surface area contributed by atoms with Crippen LogP contribution < -0.4 is 0 Å². The van der Waals surface area contributed by atoms with Crippen molar-refractivity contribution in [2.24, 2.45) is 22.9 Å². The van der Waals surface area contributed by atoms with Gasteiger partial charge in [0.05, 0.1) is 6.54 Å². The maximum absolute atomic E-state index is 9.94. The highest BCUT2D eigenvalue weighted by Crippen LogP contribution is 2.51. The summed E-state index contributed by atoms with van der Waals surface area (Å²) in [5, 5.41) is 2.96. The molecule has 2 fully saturated rings. The molecule has 0 heterocycles. The zero-order valence-corrected chi connectivity index (χ0v) is 6.12. The largest absolute Gasteiger partial charge is 0.151 e. The summed E-state index contributed by atoms with van der Waals surface area (Å²) in [7, 11) is 0. The minimum atomic E-state index is 0.573. The maximum atomic E-state index is 9.94. The third-order valence-corrected chi connectivity index (χ3v) is 2.98. The molecule has 0 amide bonds. The number of fused-ring (bicyclic) bond motifs is 1. The first-order valence-electron chi connectivity index (χ1n) is 4.19. The van der Waals surface area contributed by atoms with Crippen LogP contribution in [0.1, 0.15) is 25.7 Å². The maximum Gasteiger partial charge on any atom is 0.0839 e. The fourth-order valence-electron chi connectivity index (χ4n) is 2.22. The Balaban J connectivity index is 1.82. The Bertz CT molecular complexity index is 146. The van der Waals surface area contributed by atoms with Crippen LogP contribution in [0.4, 0.5) is 0 Å². The molecule has 3 atom stereocenters. The molecule has 0 aromatic rings. The van der Waals surface area contributed by atoms with E-state index in [4.69, 9.17) is 0 Å². The Hall–Kier alpha value is -0.400. The second-order valence-corrected chi connectivity index (χ2v) is 3.75. The lowest BCUT2D eigenvalue weighted by atomic mass is 9.89. The first-order valence-corrected chi connectivity index (χ1v) is 4.19. The molecule has 0 radical (unpaired) electrons. The van der Waals surface area contributed by atoms with Crippen LogP contribution in [0.25, 0.3) is 0 Å². The lowest BCUT2D eigenvalue weighted by Gasteiger charge is -2.17. The van der Waals surface area contributed by atoms with Gasteiger partial charge in [0.2, 0.25) is 0 Å². The summed E-state index contributed by atoms with van der Waals surface area (Å²) >= 11 is 0. The Kier molecular flexibility index (Phi) is 1.47. The van der Waals surface area contributed by atoms with Crippen molar-refractivity contribution in [3.63, 3.8) is 0 Å². The average molecular weight is 139 g/mol. The van der Waals surface area contributed by atoms with Gasteiger partial charge in [-0.2, -0.15) is 4.91 Å². The highest BCUT2D eigenvalue weighted by Gasteiger charge is 2.41. The lowest BCUT2D eigenvalue weighted by Crippen LogP contribution is -2.10. The molecule has 2 saturated carbocycles. The second-order valence-electron chi connectivity index (χ2n) is 3.75. The fraction of sp³-hybridized carbons (Fsp3) is 1.00. The predicted molar refractivity (Wildman–Crippen MR) is 39.6 cm³/mol. The summed E-state index contributed by atoms with van der Waals surface area (Å²) in [5.74, 6) is 2.67. The van der Waals surface area contributed by atoms with E-state index in [0.717, 1.165) is 11.8 Å². The van der Waals surface area contributed by atoms with Gasteiger partial charge in [0.15, 0.2) is 0 Å². The molecule has 0 aromatic carbocycles. The minimum Gasteiger partial charge on any atom is -0.151 e. The van der Waals surface area contributed by atoms with Crippen LogP contribution in [-0.4, -0.2) is 6.54 Å². The monoisotopic (exact) mass is 139 g/mol. The van der Waals surface area contributed by atoms with E-state index in [1.807, 2.05) is 0 Å². The molecule has 0 aliphatic heterocycles. The number of rotatable bonds is 2. The number of nitroso groups, excluding NO2 is 1. The number of hydrogen-bond donors (Lipinski definition) is 0. The predicted octanol–water partition coefficient (Wildman–Crippen LogP) is 2.19. The van der Waals surface area contributed by atoms with Gasteiger partial charge in [-0.25, -0.2) is 0 Å². The van der Waals surface area contributed by atoms with Gasteiger partial charge < -0.3 is 0 Å². The standard InChI is InChI=1S/C8H13NO/c10-9-5-6-1-2-7-4-8(7)3-6/h6-8H,1-5H2. The van der Waals surface area contributed by atoms with Crippen molar-refractivity contribution in [2.75, 3.05) is 6.54 Å². The van der Waals surface area contributed by atoms with Crippen LogP contribution in [0.15, 0.2) is 5.18 Å². The molecule has 0 N–H and O–H groups in total. The third-order valence-electron chi connectivity index (χ3n) is 2.98. The Labute approximate surface area is 61.0 Å². The zero-order chi connectivity index (χ0) is 6.97. The molecular weight excluding hydrogens is 126 g/mol. The van der Waals surface area contributed by atoms with E-state index in [0.29, 0.717) is 12.5 Å². The van der Waals surface area contributed by atoms with E-state index >= 15 is 0 Å². The molecule has 10 heavy (non-hydrogen) atoms. The summed E-state index contributed by atoms with van der Waals surface area (Å²) in [6.07, 6.45) is 5.35. The van der Waals surface area contributed by atoms with Crippen LogP contribution in [-0.2, 0) is 0 Å². The smallest absolute Gasteiger partial charge is 0.0839 e. The third kappa shape index (κ3) is 1.07. The summed E-state index contributed by atoms with van der Waals surface area (Å²) in [6, 6.07) is 0. The highest BCUT2D eigenvalue weighted by atomic mass is 16.3. The number of hydrogen-bond acceptors (Lipinski definition) is 2. The topological polar surface area (TPSA) is 29.4 Å². The van der Waals surface area contributed by atoms with Gasteiger partial charge in [-0.3, -0.25) is 0 Å². The molecule has 2 heteroatoms. The van der Waals surface area contributed by atoms with Gasteiger partial charge in [0, 0.05) is 0 Å². The normalized spacial score (nSPS) is 44.2. The fourth-order valence-corrected chi connectivity index (χ4v) is 2.22. The van der Waals surface area contributed by atoms with Crippen molar-refractivity contribution in [3.8, 4) is 0 Å². The SMILES string of the molecule is O=NCC1CCC2CC2C1. The minimum absolute atomic E-state index is 0.573. The molecule has 0 spiro atoms. The van der Waals surface area contributed by atoms with E-state index in [9.17, 15) is 4.91 Å². The molecular formula is C8H13NO. The quantitative estimate of drug-likeness (QED) is 0.539. The summed E-state index contributed by atoms with van der Waals surface area (Å²) in [4.78, 5) is 9.94. The van der Waals surface area contributed by atoms with Crippen LogP contribution in [0.2, 0.25) is 0 Å². The van der Waals surface area contributed by atoms with Crippen LogP contribution in [0.3, 0.4) is 0 Å². The molecule has 2 rings (SSSR count). The molecule has 2 nitrogen and oxygen atoms in total. The van der Waals surface area contributed by atoms with Crippen molar-refractivity contribution in [2.45, 2.75) is 25.7 Å². The first kappa shape index (κ1) is 6.32. The van der Waals surface area contributed by atoms with Crippen molar-refractivity contribution in [1.82, 2.24) is 0 Å². The van der Waals surface area contributed by atoms with Crippen LogP contribution >= 0.6 is 0 Å². The Morgan fingerprint density at radius 3 is 2.80 bits per heavy atom. The first-order chi connectivity index (χ1) is 4.90. The van der Waals surface area contributed by atoms with Gasteiger partial charge >= 0.3 is 0 Å². The van der Waals surface area contributed by atoms with Crippen molar-refractivity contribution >= 4 is 0 Å². The van der Waals surface area contributed by atoms with E-state index in [-0.39, 0.29) is 0 Å². The summed E-state index contributed by atoms with van der Waals surface area (Å²) < 4.78 is 0. The van der Waals surface area contributed by atoms with Crippen LogP contribution in [0, 0.1) is 22.7 Å². The Morgan fingerprint density at radius 1 is 1.20 bits per heavy atom. The van der Waals surface area contributed by atoms with Gasteiger partial charge in [-0.05, 0) is 43.4 Å². The molecule has 0 aromatic heterocycles.